The lowest BCUT2D eigenvalue weighted by Gasteiger charge is -2.19. The SMILES string of the molecule is N#CCN(Cc1ccccc1)C(=O)c1cc(Cl)ccn1. The summed E-state index contributed by atoms with van der Waals surface area (Å²) < 4.78 is 0. The van der Waals surface area contributed by atoms with Gasteiger partial charge in [-0.1, -0.05) is 41.9 Å². The van der Waals surface area contributed by atoms with E-state index in [4.69, 9.17) is 16.9 Å². The van der Waals surface area contributed by atoms with Crippen LogP contribution in [0.25, 0.3) is 0 Å². The molecule has 0 spiro atoms. The van der Waals surface area contributed by atoms with Gasteiger partial charge in [0.15, 0.2) is 0 Å². The van der Waals surface area contributed by atoms with Crippen molar-refractivity contribution in [3.8, 4) is 6.07 Å². The van der Waals surface area contributed by atoms with Crippen LogP contribution in [0.4, 0.5) is 0 Å². The number of amides is 1. The van der Waals surface area contributed by atoms with Crippen LogP contribution in [0.1, 0.15) is 16.1 Å². The van der Waals surface area contributed by atoms with Crippen molar-refractivity contribution in [2.75, 3.05) is 6.54 Å². The van der Waals surface area contributed by atoms with Crippen LogP contribution in [0.3, 0.4) is 0 Å². The Bertz CT molecular complexity index is 637. The predicted molar refractivity (Wildman–Crippen MR) is 76.0 cm³/mol. The average Bonchev–Trinajstić information content (AvgIpc) is 2.47. The van der Waals surface area contributed by atoms with Gasteiger partial charge >= 0.3 is 0 Å². The van der Waals surface area contributed by atoms with Crippen molar-refractivity contribution in [1.82, 2.24) is 9.88 Å². The molecule has 0 radical (unpaired) electrons. The minimum Gasteiger partial charge on any atom is -0.320 e. The highest BCUT2D eigenvalue weighted by molar-refractivity contribution is 6.30. The summed E-state index contributed by atoms with van der Waals surface area (Å²) in [7, 11) is 0. The Hall–Kier alpha value is -2.38. The Kier molecular flexibility index (Phi) is 4.70. The van der Waals surface area contributed by atoms with Crippen molar-refractivity contribution in [2.24, 2.45) is 0 Å². The van der Waals surface area contributed by atoms with Gasteiger partial charge in [-0.2, -0.15) is 5.26 Å². The first-order valence-corrected chi connectivity index (χ1v) is 6.40. The maximum absolute atomic E-state index is 12.3. The zero-order valence-electron chi connectivity index (χ0n) is 10.7. The van der Waals surface area contributed by atoms with Gasteiger partial charge in [0.25, 0.3) is 5.91 Å². The summed E-state index contributed by atoms with van der Waals surface area (Å²) >= 11 is 5.86. The second kappa shape index (κ2) is 6.69. The lowest BCUT2D eigenvalue weighted by atomic mass is 10.2. The second-order valence-corrected chi connectivity index (χ2v) is 4.60. The largest absolute Gasteiger partial charge is 0.320 e. The Morgan fingerprint density at radius 1 is 1.30 bits per heavy atom. The number of nitriles is 1. The molecule has 0 unspecified atom stereocenters. The van der Waals surface area contributed by atoms with E-state index in [1.807, 2.05) is 36.4 Å². The van der Waals surface area contributed by atoms with Gasteiger partial charge in [-0.25, -0.2) is 0 Å². The molecule has 0 N–H and O–H groups in total. The van der Waals surface area contributed by atoms with Crippen LogP contribution in [0.5, 0.6) is 0 Å². The Balaban J connectivity index is 2.20. The summed E-state index contributed by atoms with van der Waals surface area (Å²) in [5, 5.41) is 9.32. The molecule has 1 aromatic heterocycles. The number of carbonyl (C=O) groups is 1. The molecular weight excluding hydrogens is 274 g/mol. The quantitative estimate of drug-likeness (QED) is 0.812. The summed E-state index contributed by atoms with van der Waals surface area (Å²) in [6.07, 6.45) is 1.47. The van der Waals surface area contributed by atoms with Crippen LogP contribution < -0.4 is 0 Å². The number of hydrogen-bond donors (Lipinski definition) is 0. The number of carbonyl (C=O) groups excluding carboxylic acids is 1. The molecule has 20 heavy (non-hydrogen) atoms. The maximum Gasteiger partial charge on any atom is 0.273 e. The van der Waals surface area contributed by atoms with Crippen molar-refractivity contribution < 1.29 is 4.79 Å². The van der Waals surface area contributed by atoms with Gasteiger partial charge in [0.05, 0.1) is 6.07 Å². The first-order valence-electron chi connectivity index (χ1n) is 6.02. The zero-order chi connectivity index (χ0) is 14.4. The highest BCUT2D eigenvalue weighted by atomic mass is 35.5. The normalized spacial score (nSPS) is 9.80. The van der Waals surface area contributed by atoms with Crippen LogP contribution in [-0.4, -0.2) is 22.3 Å². The van der Waals surface area contributed by atoms with Crippen molar-refractivity contribution in [1.29, 1.82) is 5.26 Å². The molecule has 100 valence electrons. The second-order valence-electron chi connectivity index (χ2n) is 4.16. The molecule has 0 saturated carbocycles. The highest BCUT2D eigenvalue weighted by Gasteiger charge is 2.17. The van der Waals surface area contributed by atoms with E-state index in [2.05, 4.69) is 4.98 Å². The van der Waals surface area contributed by atoms with Crippen LogP contribution >= 0.6 is 11.6 Å². The Morgan fingerprint density at radius 2 is 2.05 bits per heavy atom. The topological polar surface area (TPSA) is 57.0 Å². The molecule has 1 aromatic carbocycles. The lowest BCUT2D eigenvalue weighted by Crippen LogP contribution is -2.31. The average molecular weight is 286 g/mol. The molecule has 4 nitrogen and oxygen atoms in total. The maximum atomic E-state index is 12.3. The first kappa shape index (κ1) is 14.0. The number of rotatable bonds is 4. The van der Waals surface area contributed by atoms with E-state index in [0.717, 1.165) is 5.56 Å². The fraction of sp³-hybridized carbons (Fsp3) is 0.133. The standard InChI is InChI=1S/C15H12ClN3O/c16-13-6-8-18-14(10-13)15(20)19(9-7-17)11-12-4-2-1-3-5-12/h1-6,8,10H,9,11H2. The van der Waals surface area contributed by atoms with Gasteiger partial charge in [-0.3, -0.25) is 9.78 Å². The third-order valence-corrected chi connectivity index (χ3v) is 2.94. The molecule has 1 amide bonds. The minimum atomic E-state index is -0.307. The number of aromatic nitrogens is 1. The number of halogens is 1. The van der Waals surface area contributed by atoms with E-state index in [1.54, 1.807) is 6.07 Å². The fourth-order valence-corrected chi connectivity index (χ4v) is 1.93. The van der Waals surface area contributed by atoms with Gasteiger partial charge in [-0.15, -0.1) is 0 Å². The van der Waals surface area contributed by atoms with Gasteiger partial charge < -0.3 is 4.90 Å². The van der Waals surface area contributed by atoms with Crippen molar-refractivity contribution in [3.63, 3.8) is 0 Å². The molecule has 5 heteroatoms. The third-order valence-electron chi connectivity index (χ3n) is 2.71. The van der Waals surface area contributed by atoms with E-state index < -0.39 is 0 Å². The molecule has 2 aromatic rings. The molecule has 0 fully saturated rings. The summed E-state index contributed by atoms with van der Waals surface area (Å²) in [4.78, 5) is 17.8. The number of hydrogen-bond acceptors (Lipinski definition) is 3. The first-order chi connectivity index (χ1) is 9.70. The molecule has 0 atom stereocenters. The molecular formula is C15H12ClN3O. The summed E-state index contributed by atoms with van der Waals surface area (Å²) in [5.74, 6) is -0.307. The monoisotopic (exact) mass is 285 g/mol. The van der Waals surface area contributed by atoms with Gasteiger partial charge in [0, 0.05) is 17.8 Å². The number of nitrogens with zero attached hydrogens (tertiary/aromatic N) is 3. The lowest BCUT2D eigenvalue weighted by molar-refractivity contribution is 0.0759. The zero-order valence-corrected chi connectivity index (χ0v) is 11.4. The van der Waals surface area contributed by atoms with E-state index in [-0.39, 0.29) is 18.1 Å². The third kappa shape index (κ3) is 3.56. The van der Waals surface area contributed by atoms with E-state index >= 15 is 0 Å². The minimum absolute atomic E-state index is 0.00191. The molecule has 0 saturated heterocycles. The van der Waals surface area contributed by atoms with Crippen LogP contribution in [0.15, 0.2) is 48.7 Å². The molecule has 0 aliphatic rings. The van der Waals surface area contributed by atoms with E-state index in [9.17, 15) is 4.79 Å². The van der Waals surface area contributed by atoms with Crippen molar-refractivity contribution >= 4 is 17.5 Å². The summed E-state index contributed by atoms with van der Waals surface area (Å²) in [5.41, 5.74) is 1.20. The van der Waals surface area contributed by atoms with Gasteiger partial charge in [0.1, 0.15) is 12.2 Å². The smallest absolute Gasteiger partial charge is 0.273 e. The number of pyridine rings is 1. The van der Waals surface area contributed by atoms with Gasteiger partial charge in [-0.05, 0) is 17.7 Å². The molecule has 0 aliphatic heterocycles. The van der Waals surface area contributed by atoms with Crippen molar-refractivity contribution in [3.05, 3.63) is 64.9 Å². The fourth-order valence-electron chi connectivity index (χ4n) is 1.77. The number of benzene rings is 1. The molecule has 0 aliphatic carbocycles. The Morgan fingerprint density at radius 3 is 2.70 bits per heavy atom. The van der Waals surface area contributed by atoms with E-state index in [0.29, 0.717) is 11.6 Å². The molecule has 1 heterocycles. The predicted octanol–water partition coefficient (Wildman–Crippen LogP) is 2.90. The van der Waals surface area contributed by atoms with Crippen LogP contribution in [0, 0.1) is 11.3 Å². The van der Waals surface area contributed by atoms with Crippen LogP contribution in [0.2, 0.25) is 5.02 Å². The highest BCUT2D eigenvalue weighted by Crippen LogP contribution is 2.12. The molecule has 0 bridgehead atoms. The van der Waals surface area contributed by atoms with E-state index in [1.165, 1.54) is 17.2 Å². The molecule has 2 rings (SSSR count). The summed E-state index contributed by atoms with van der Waals surface area (Å²) in [6, 6.07) is 14.6. The van der Waals surface area contributed by atoms with Crippen molar-refractivity contribution in [2.45, 2.75) is 6.54 Å². The van der Waals surface area contributed by atoms with Gasteiger partial charge in [0.2, 0.25) is 0 Å². The Labute approximate surface area is 122 Å². The summed E-state index contributed by atoms with van der Waals surface area (Å²) in [6.45, 7) is 0.364. The van der Waals surface area contributed by atoms with Crippen LogP contribution in [-0.2, 0) is 6.54 Å².